The Bertz CT molecular complexity index is 499. The lowest BCUT2D eigenvalue weighted by molar-refractivity contribution is 0.242. The average Bonchev–Trinajstić information content (AvgIpc) is 2.75. The van der Waals surface area contributed by atoms with Gasteiger partial charge in [-0.2, -0.15) is 0 Å². The smallest absolute Gasteiger partial charge is 0.119 e. The van der Waals surface area contributed by atoms with Crippen LogP contribution in [0.2, 0.25) is 0 Å². The molecule has 1 aromatic heterocycles. The van der Waals surface area contributed by atoms with Crippen LogP contribution in [-0.2, 0) is 0 Å². The highest BCUT2D eigenvalue weighted by Gasteiger charge is 2.12. The van der Waals surface area contributed by atoms with Crippen LogP contribution < -0.4 is 4.74 Å². The first-order chi connectivity index (χ1) is 8.56. The number of rotatable bonds is 4. The van der Waals surface area contributed by atoms with E-state index in [1.807, 2.05) is 39.0 Å². The number of benzene rings is 1. The lowest BCUT2D eigenvalue weighted by atomic mass is 10.1. The summed E-state index contributed by atoms with van der Waals surface area (Å²) in [4.78, 5) is 0.156. The normalized spacial score (nSPS) is 12.7. The number of hydrogen-bond donors (Lipinski definition) is 0. The van der Waals surface area contributed by atoms with Gasteiger partial charge in [-0.05, 0) is 44.5 Å². The summed E-state index contributed by atoms with van der Waals surface area (Å²) in [7, 11) is 0. The van der Waals surface area contributed by atoms with Crippen LogP contribution in [0.3, 0.4) is 0 Å². The molecule has 2 nitrogen and oxygen atoms in total. The van der Waals surface area contributed by atoms with Crippen molar-refractivity contribution in [3.05, 3.63) is 53.5 Å². The molecule has 0 saturated carbocycles. The molecule has 96 valence electrons. The van der Waals surface area contributed by atoms with E-state index in [1.165, 1.54) is 5.56 Å². The molecular weight excluding hydrogens is 292 g/mol. The molecule has 1 heterocycles. The molecule has 0 N–H and O–H groups in total. The van der Waals surface area contributed by atoms with Gasteiger partial charge in [-0.15, -0.1) is 0 Å². The molecule has 1 aromatic carbocycles. The van der Waals surface area contributed by atoms with Crippen LogP contribution in [0.15, 0.2) is 41.0 Å². The molecule has 0 fully saturated rings. The highest BCUT2D eigenvalue weighted by Crippen LogP contribution is 2.32. The maximum Gasteiger partial charge on any atom is 0.119 e. The second-order valence-corrected chi connectivity index (χ2v) is 5.50. The third kappa shape index (κ3) is 3.16. The molecule has 0 aliphatic heterocycles. The van der Waals surface area contributed by atoms with Crippen molar-refractivity contribution < 1.29 is 9.15 Å². The molecule has 2 rings (SSSR count). The first kappa shape index (κ1) is 13.2. The van der Waals surface area contributed by atoms with Crippen LogP contribution in [0.5, 0.6) is 5.75 Å². The van der Waals surface area contributed by atoms with Gasteiger partial charge in [-0.1, -0.05) is 28.1 Å². The first-order valence-electron chi connectivity index (χ1n) is 6.02. The topological polar surface area (TPSA) is 22.4 Å². The molecule has 0 saturated heterocycles. The predicted octanol–water partition coefficient (Wildman–Crippen LogP) is 4.86. The van der Waals surface area contributed by atoms with Gasteiger partial charge in [0.15, 0.2) is 0 Å². The van der Waals surface area contributed by atoms with Crippen molar-refractivity contribution in [2.45, 2.75) is 31.7 Å². The standard InChI is InChI=1S/C15H17BrO2/c1-10(2)18-14-6-4-12(5-7-14)15(16)13-8-11(3)17-9-13/h4-10,15H,1-3H3. The summed E-state index contributed by atoms with van der Waals surface area (Å²) < 4.78 is 11.0. The molecule has 0 radical (unpaired) electrons. The summed E-state index contributed by atoms with van der Waals surface area (Å²) in [6.45, 7) is 5.99. The van der Waals surface area contributed by atoms with Crippen LogP contribution in [-0.4, -0.2) is 6.10 Å². The fourth-order valence-electron chi connectivity index (χ4n) is 1.78. The van der Waals surface area contributed by atoms with E-state index in [4.69, 9.17) is 9.15 Å². The van der Waals surface area contributed by atoms with Crippen LogP contribution in [0, 0.1) is 6.92 Å². The molecule has 3 heteroatoms. The van der Waals surface area contributed by atoms with Gasteiger partial charge in [0.2, 0.25) is 0 Å². The number of hydrogen-bond acceptors (Lipinski definition) is 2. The monoisotopic (exact) mass is 308 g/mol. The molecule has 2 aromatic rings. The maximum absolute atomic E-state index is 5.62. The van der Waals surface area contributed by atoms with Crippen LogP contribution >= 0.6 is 15.9 Å². The molecular formula is C15H17BrO2. The minimum Gasteiger partial charge on any atom is -0.491 e. The van der Waals surface area contributed by atoms with Gasteiger partial charge in [0, 0.05) is 5.56 Å². The zero-order valence-corrected chi connectivity index (χ0v) is 12.4. The zero-order chi connectivity index (χ0) is 13.1. The van der Waals surface area contributed by atoms with Crippen LogP contribution in [0.4, 0.5) is 0 Å². The fourth-order valence-corrected chi connectivity index (χ4v) is 2.32. The van der Waals surface area contributed by atoms with E-state index in [-0.39, 0.29) is 10.9 Å². The summed E-state index contributed by atoms with van der Waals surface area (Å²) in [5.41, 5.74) is 2.32. The first-order valence-corrected chi connectivity index (χ1v) is 6.93. The third-order valence-electron chi connectivity index (χ3n) is 2.59. The molecule has 0 aliphatic carbocycles. The average molecular weight is 309 g/mol. The Morgan fingerprint density at radius 1 is 1.11 bits per heavy atom. The number of aryl methyl sites for hydroxylation is 1. The highest BCUT2D eigenvalue weighted by atomic mass is 79.9. The quantitative estimate of drug-likeness (QED) is 0.753. The van der Waals surface area contributed by atoms with E-state index < -0.39 is 0 Å². The Morgan fingerprint density at radius 3 is 2.28 bits per heavy atom. The van der Waals surface area contributed by atoms with Crippen molar-refractivity contribution in [2.24, 2.45) is 0 Å². The third-order valence-corrected chi connectivity index (χ3v) is 3.65. The van der Waals surface area contributed by atoms with Crippen LogP contribution in [0.1, 0.15) is 35.6 Å². The van der Waals surface area contributed by atoms with E-state index in [1.54, 1.807) is 6.26 Å². The Balaban J connectivity index is 2.14. The number of furan rings is 1. The van der Waals surface area contributed by atoms with Gasteiger partial charge in [0.25, 0.3) is 0 Å². The van der Waals surface area contributed by atoms with Crippen molar-refractivity contribution in [3.8, 4) is 5.75 Å². The molecule has 18 heavy (non-hydrogen) atoms. The second kappa shape index (κ2) is 5.61. The zero-order valence-electron chi connectivity index (χ0n) is 10.8. The van der Waals surface area contributed by atoms with Crippen molar-refractivity contribution >= 4 is 15.9 Å². The van der Waals surface area contributed by atoms with E-state index in [0.29, 0.717) is 0 Å². The molecule has 1 unspecified atom stereocenters. The Kier molecular flexibility index (Phi) is 4.12. The van der Waals surface area contributed by atoms with E-state index in [0.717, 1.165) is 17.1 Å². The molecule has 1 atom stereocenters. The number of ether oxygens (including phenoxy) is 1. The van der Waals surface area contributed by atoms with Crippen molar-refractivity contribution in [2.75, 3.05) is 0 Å². The SMILES string of the molecule is Cc1cc(C(Br)c2ccc(OC(C)C)cc2)co1. The molecule has 0 spiro atoms. The fraction of sp³-hybridized carbons (Fsp3) is 0.333. The highest BCUT2D eigenvalue weighted by molar-refractivity contribution is 9.09. The van der Waals surface area contributed by atoms with Crippen molar-refractivity contribution in [1.29, 1.82) is 0 Å². The Labute approximate surface area is 116 Å². The van der Waals surface area contributed by atoms with Gasteiger partial charge < -0.3 is 9.15 Å². The van der Waals surface area contributed by atoms with Crippen LogP contribution in [0.25, 0.3) is 0 Å². The predicted molar refractivity (Wildman–Crippen MR) is 76.4 cm³/mol. The summed E-state index contributed by atoms with van der Waals surface area (Å²) in [6.07, 6.45) is 1.99. The van der Waals surface area contributed by atoms with E-state index in [9.17, 15) is 0 Å². The minimum absolute atomic E-state index is 0.156. The summed E-state index contributed by atoms with van der Waals surface area (Å²) in [5.74, 6) is 1.83. The molecule has 0 bridgehead atoms. The minimum atomic E-state index is 0.156. The van der Waals surface area contributed by atoms with E-state index in [2.05, 4.69) is 28.1 Å². The number of alkyl halides is 1. The maximum atomic E-state index is 5.62. The van der Waals surface area contributed by atoms with Crippen molar-refractivity contribution in [1.82, 2.24) is 0 Å². The Hall–Kier alpha value is -1.22. The molecule has 0 aliphatic rings. The van der Waals surface area contributed by atoms with Gasteiger partial charge >= 0.3 is 0 Å². The van der Waals surface area contributed by atoms with Gasteiger partial charge in [-0.25, -0.2) is 0 Å². The lowest BCUT2D eigenvalue weighted by Gasteiger charge is -2.12. The van der Waals surface area contributed by atoms with Gasteiger partial charge in [0.1, 0.15) is 11.5 Å². The lowest BCUT2D eigenvalue weighted by Crippen LogP contribution is -2.05. The summed E-state index contributed by atoms with van der Waals surface area (Å²) >= 11 is 3.68. The van der Waals surface area contributed by atoms with Crippen molar-refractivity contribution in [3.63, 3.8) is 0 Å². The number of halogens is 1. The molecule has 0 amide bonds. The van der Waals surface area contributed by atoms with E-state index >= 15 is 0 Å². The summed E-state index contributed by atoms with van der Waals surface area (Å²) in [6, 6.07) is 10.2. The summed E-state index contributed by atoms with van der Waals surface area (Å²) in [5, 5.41) is 0. The Morgan fingerprint density at radius 2 is 1.78 bits per heavy atom. The largest absolute Gasteiger partial charge is 0.491 e. The second-order valence-electron chi connectivity index (χ2n) is 4.59. The van der Waals surface area contributed by atoms with Gasteiger partial charge in [-0.3, -0.25) is 0 Å². The van der Waals surface area contributed by atoms with Gasteiger partial charge in [0.05, 0.1) is 17.2 Å².